The first kappa shape index (κ1) is 22.8. The van der Waals surface area contributed by atoms with E-state index >= 15 is 0 Å². The molecule has 34 heavy (non-hydrogen) atoms. The van der Waals surface area contributed by atoms with Gasteiger partial charge in [0.25, 0.3) is 0 Å². The Bertz CT molecular complexity index is 1570. The molecule has 1 aliphatic carbocycles. The number of alkyl halides is 3. The van der Waals surface area contributed by atoms with Crippen LogP contribution in [-0.4, -0.2) is 4.98 Å². The largest absolute Gasteiger partial charge is 0.416 e. The molecule has 6 rings (SSSR count). The van der Waals surface area contributed by atoms with E-state index in [0.29, 0.717) is 5.56 Å². The molecule has 0 aliphatic heterocycles. The van der Waals surface area contributed by atoms with E-state index in [0.717, 1.165) is 49.5 Å². The van der Waals surface area contributed by atoms with Crippen LogP contribution in [0.15, 0.2) is 79.0 Å². The van der Waals surface area contributed by atoms with Crippen LogP contribution >= 0.6 is 0 Å². The second-order valence-corrected chi connectivity index (χ2v) is 9.06. The van der Waals surface area contributed by atoms with Crippen LogP contribution in [0.3, 0.4) is 0 Å². The molecule has 0 spiro atoms. The summed E-state index contributed by atoms with van der Waals surface area (Å²) in [7, 11) is 0. The maximum Gasteiger partial charge on any atom is 0.416 e. The van der Waals surface area contributed by atoms with Crippen LogP contribution in [0.4, 0.5) is 13.2 Å². The van der Waals surface area contributed by atoms with Gasteiger partial charge in [-0.15, -0.1) is 35.9 Å². The molecule has 0 atom stereocenters. The maximum atomic E-state index is 13.4. The van der Waals surface area contributed by atoms with Crippen LogP contribution in [0, 0.1) is 6.07 Å². The standard InChI is InChI=1S/C29H19F3N.Ir/c1-28(2)25-16-18(29(30,31)32)8-9-21(25)23-11-10-19-20-14-15-33-27(17-6-4-3-5-7-17)24(20)13-12-22(19)26(23)28;/h3-6,8-16H,1-2H3;/q-1;. The number of pyridine rings is 1. The second-order valence-electron chi connectivity index (χ2n) is 9.06. The molecule has 5 heteroatoms. The monoisotopic (exact) mass is 631 g/mol. The molecular formula is C29H19F3IrN-. The van der Waals surface area contributed by atoms with Crippen LogP contribution < -0.4 is 0 Å². The first-order chi connectivity index (χ1) is 15.8. The van der Waals surface area contributed by atoms with Crippen molar-refractivity contribution in [3.63, 3.8) is 0 Å². The summed E-state index contributed by atoms with van der Waals surface area (Å²) in [6, 6.07) is 25.4. The Morgan fingerprint density at radius 1 is 0.794 bits per heavy atom. The van der Waals surface area contributed by atoms with Crippen LogP contribution in [0.1, 0.15) is 30.5 Å². The van der Waals surface area contributed by atoms with Crippen molar-refractivity contribution in [2.45, 2.75) is 25.4 Å². The molecule has 0 fully saturated rings. The van der Waals surface area contributed by atoms with E-state index in [1.807, 2.05) is 50.2 Å². The van der Waals surface area contributed by atoms with Gasteiger partial charge in [0.2, 0.25) is 0 Å². The minimum atomic E-state index is -4.37. The average Bonchev–Trinajstić information content (AvgIpc) is 3.05. The van der Waals surface area contributed by atoms with Crippen molar-refractivity contribution in [1.29, 1.82) is 0 Å². The predicted molar refractivity (Wildman–Crippen MR) is 126 cm³/mol. The fourth-order valence-electron chi connectivity index (χ4n) is 5.33. The molecule has 5 aromatic rings. The van der Waals surface area contributed by atoms with Gasteiger partial charge in [-0.2, -0.15) is 13.2 Å². The molecule has 0 amide bonds. The van der Waals surface area contributed by atoms with Gasteiger partial charge in [-0.1, -0.05) is 44.2 Å². The van der Waals surface area contributed by atoms with Gasteiger partial charge in [0.15, 0.2) is 0 Å². The third-order valence-corrected chi connectivity index (χ3v) is 6.84. The van der Waals surface area contributed by atoms with Gasteiger partial charge in [-0.25, -0.2) is 0 Å². The van der Waals surface area contributed by atoms with Gasteiger partial charge >= 0.3 is 6.18 Å². The maximum absolute atomic E-state index is 13.4. The third-order valence-electron chi connectivity index (χ3n) is 6.84. The molecule has 0 N–H and O–H groups in total. The van der Waals surface area contributed by atoms with E-state index < -0.39 is 17.2 Å². The van der Waals surface area contributed by atoms with E-state index in [4.69, 9.17) is 0 Å². The molecule has 4 aromatic carbocycles. The van der Waals surface area contributed by atoms with Crippen molar-refractivity contribution in [3.8, 4) is 22.4 Å². The number of hydrogen-bond donors (Lipinski definition) is 0. The quantitative estimate of drug-likeness (QED) is 0.135. The molecular weight excluding hydrogens is 612 g/mol. The van der Waals surface area contributed by atoms with Gasteiger partial charge in [0.1, 0.15) is 0 Å². The first-order valence-corrected chi connectivity index (χ1v) is 10.8. The van der Waals surface area contributed by atoms with Crippen LogP contribution in [0.25, 0.3) is 43.9 Å². The van der Waals surface area contributed by atoms with Crippen molar-refractivity contribution in [3.05, 3.63) is 102 Å². The molecule has 0 saturated carbocycles. The van der Waals surface area contributed by atoms with Gasteiger partial charge in [0, 0.05) is 31.7 Å². The van der Waals surface area contributed by atoms with E-state index in [2.05, 4.69) is 29.2 Å². The van der Waals surface area contributed by atoms with Crippen molar-refractivity contribution < 1.29 is 33.3 Å². The molecule has 0 bridgehead atoms. The summed E-state index contributed by atoms with van der Waals surface area (Å²) in [4.78, 5) is 4.61. The molecule has 1 heterocycles. The number of hydrogen-bond acceptors (Lipinski definition) is 1. The van der Waals surface area contributed by atoms with E-state index in [-0.39, 0.29) is 20.1 Å². The van der Waals surface area contributed by atoms with Crippen LogP contribution in [0.5, 0.6) is 0 Å². The first-order valence-electron chi connectivity index (χ1n) is 10.8. The summed E-state index contributed by atoms with van der Waals surface area (Å²) >= 11 is 0. The molecule has 0 saturated heterocycles. The Morgan fingerprint density at radius 3 is 2.24 bits per heavy atom. The fraction of sp³-hybridized carbons (Fsp3) is 0.138. The Kier molecular flexibility index (Phi) is 5.20. The summed E-state index contributed by atoms with van der Waals surface area (Å²) < 4.78 is 40.3. The predicted octanol–water partition coefficient (Wildman–Crippen LogP) is 8.18. The zero-order valence-electron chi connectivity index (χ0n) is 18.4. The van der Waals surface area contributed by atoms with Gasteiger partial charge in [-0.05, 0) is 67.7 Å². The summed E-state index contributed by atoms with van der Waals surface area (Å²) in [5, 5.41) is 4.23. The van der Waals surface area contributed by atoms with Crippen molar-refractivity contribution in [2.24, 2.45) is 0 Å². The van der Waals surface area contributed by atoms with Crippen molar-refractivity contribution in [1.82, 2.24) is 4.98 Å². The molecule has 1 nitrogen and oxygen atoms in total. The number of nitrogens with zero attached hydrogens (tertiary/aromatic N) is 1. The number of halogens is 3. The van der Waals surface area contributed by atoms with Gasteiger partial charge in [0.05, 0.1) is 5.56 Å². The molecule has 1 radical (unpaired) electrons. The molecule has 1 aliphatic rings. The zero-order valence-corrected chi connectivity index (χ0v) is 20.8. The van der Waals surface area contributed by atoms with E-state index in [9.17, 15) is 13.2 Å². The smallest absolute Gasteiger partial charge is 0.304 e. The third kappa shape index (κ3) is 3.22. The van der Waals surface area contributed by atoms with E-state index in [1.165, 1.54) is 12.1 Å². The molecule has 1 aromatic heterocycles. The molecule has 0 unspecified atom stereocenters. The van der Waals surface area contributed by atoms with Crippen LogP contribution in [0.2, 0.25) is 0 Å². The van der Waals surface area contributed by atoms with Crippen LogP contribution in [-0.2, 0) is 31.7 Å². The minimum absolute atomic E-state index is 0. The Morgan fingerprint density at radius 2 is 1.50 bits per heavy atom. The van der Waals surface area contributed by atoms with Gasteiger partial charge < -0.3 is 4.98 Å². The summed E-state index contributed by atoms with van der Waals surface area (Å²) in [6.07, 6.45) is -2.56. The number of fused-ring (bicyclic) bond motifs is 7. The number of rotatable bonds is 1. The number of aromatic nitrogens is 1. The zero-order chi connectivity index (χ0) is 23.0. The van der Waals surface area contributed by atoms with E-state index in [1.54, 1.807) is 12.3 Å². The Hall–Kier alpha value is -3.01. The van der Waals surface area contributed by atoms with Crippen molar-refractivity contribution in [2.75, 3.05) is 0 Å². The topological polar surface area (TPSA) is 12.9 Å². The number of benzene rings is 4. The average molecular weight is 631 g/mol. The second kappa shape index (κ2) is 7.76. The summed E-state index contributed by atoms with van der Waals surface area (Å²) in [5.41, 5.74) is 4.30. The summed E-state index contributed by atoms with van der Waals surface area (Å²) in [6.45, 7) is 4.02. The minimum Gasteiger partial charge on any atom is -0.304 e. The summed E-state index contributed by atoms with van der Waals surface area (Å²) in [5.74, 6) is 0. The Labute approximate surface area is 209 Å². The fourth-order valence-corrected chi connectivity index (χ4v) is 5.33. The van der Waals surface area contributed by atoms with Gasteiger partial charge in [-0.3, -0.25) is 0 Å². The normalized spacial score (nSPS) is 14.0. The Balaban J connectivity index is 0.00000241. The van der Waals surface area contributed by atoms with Crippen molar-refractivity contribution >= 4 is 21.5 Å². The molecule has 171 valence electrons. The SMILES string of the molecule is CC1(C)c2cc(C(F)(F)F)ccc2-c2ccc3c(ccc4c(-c5[c-]cccc5)nccc43)c21.[Ir].